The van der Waals surface area contributed by atoms with Crippen LogP contribution in [0.15, 0.2) is 41.8 Å². The van der Waals surface area contributed by atoms with Crippen molar-refractivity contribution in [2.45, 2.75) is 27.7 Å². The van der Waals surface area contributed by atoms with Crippen LogP contribution in [0.5, 0.6) is 11.5 Å². The lowest BCUT2D eigenvalue weighted by Gasteiger charge is -2.11. The Labute approximate surface area is 202 Å². The van der Waals surface area contributed by atoms with Crippen molar-refractivity contribution in [1.82, 2.24) is 0 Å². The topological polar surface area (TPSA) is 73.9 Å². The largest absolute Gasteiger partial charge is 0.494 e. The average Bonchev–Trinajstić information content (AvgIpc) is 3.20. The summed E-state index contributed by atoms with van der Waals surface area (Å²) in [6.07, 6.45) is 0. The van der Waals surface area contributed by atoms with Crippen molar-refractivity contribution in [3.05, 3.63) is 63.5 Å². The number of ether oxygens (including phenoxy) is 3. The van der Waals surface area contributed by atoms with E-state index in [4.69, 9.17) is 25.8 Å². The van der Waals surface area contributed by atoms with Gasteiger partial charge in [-0.3, -0.25) is 4.79 Å². The summed E-state index contributed by atoms with van der Waals surface area (Å²) in [7, 11) is 0. The Bertz CT molecular complexity index is 1120. The van der Waals surface area contributed by atoms with Gasteiger partial charge in [0, 0.05) is 16.0 Å². The number of thiophene rings is 1. The van der Waals surface area contributed by atoms with E-state index in [2.05, 4.69) is 5.32 Å². The molecule has 0 aliphatic rings. The molecular formula is C25H26ClNO5S. The molecule has 6 nitrogen and oxygen atoms in total. The van der Waals surface area contributed by atoms with E-state index in [-0.39, 0.29) is 19.1 Å². The number of hydrogen-bond donors (Lipinski definition) is 1. The summed E-state index contributed by atoms with van der Waals surface area (Å²) in [5.74, 6) is 0.414. The van der Waals surface area contributed by atoms with E-state index in [9.17, 15) is 9.59 Å². The predicted molar refractivity (Wildman–Crippen MR) is 132 cm³/mol. The molecule has 0 saturated heterocycles. The van der Waals surface area contributed by atoms with Crippen LogP contribution in [0.25, 0.3) is 11.1 Å². The standard InChI is InChI=1S/C25H26ClNO5S/c1-5-30-18-9-7-17(8-10-18)20-14-33-24(22(20)25(29)31-6-2)27-21(28)13-32-19-11-15(3)23(26)16(4)12-19/h7-12,14H,5-6,13H2,1-4H3,(H,27,28). The molecular weight excluding hydrogens is 462 g/mol. The minimum atomic E-state index is -0.497. The van der Waals surface area contributed by atoms with Crippen molar-refractivity contribution in [3.8, 4) is 22.6 Å². The SMILES string of the molecule is CCOC(=O)c1c(-c2ccc(OCC)cc2)csc1NC(=O)COc1cc(C)c(Cl)c(C)c1. The molecule has 0 fully saturated rings. The molecule has 1 aromatic heterocycles. The van der Waals surface area contributed by atoms with E-state index >= 15 is 0 Å². The zero-order valence-corrected chi connectivity index (χ0v) is 20.6. The maximum absolute atomic E-state index is 12.7. The Hall–Kier alpha value is -3.03. The smallest absolute Gasteiger partial charge is 0.341 e. The lowest BCUT2D eigenvalue weighted by atomic mass is 10.0. The second-order valence-electron chi connectivity index (χ2n) is 7.24. The molecule has 0 spiro atoms. The maximum Gasteiger partial charge on any atom is 0.341 e. The Morgan fingerprint density at radius 2 is 1.64 bits per heavy atom. The van der Waals surface area contributed by atoms with E-state index in [0.717, 1.165) is 22.4 Å². The van der Waals surface area contributed by atoms with Gasteiger partial charge >= 0.3 is 5.97 Å². The number of carbonyl (C=O) groups is 2. The summed E-state index contributed by atoms with van der Waals surface area (Å²) < 4.78 is 16.4. The maximum atomic E-state index is 12.7. The van der Waals surface area contributed by atoms with Crippen LogP contribution in [0.3, 0.4) is 0 Å². The molecule has 3 aromatic rings. The summed E-state index contributed by atoms with van der Waals surface area (Å²) in [5, 5.41) is 5.69. The molecule has 0 aliphatic heterocycles. The van der Waals surface area contributed by atoms with Crippen molar-refractivity contribution in [2.24, 2.45) is 0 Å². The first-order valence-corrected chi connectivity index (χ1v) is 11.8. The lowest BCUT2D eigenvalue weighted by molar-refractivity contribution is -0.118. The number of halogens is 1. The molecule has 2 aromatic carbocycles. The zero-order valence-electron chi connectivity index (χ0n) is 19.0. The fraction of sp³-hybridized carbons (Fsp3) is 0.280. The number of hydrogen-bond acceptors (Lipinski definition) is 6. The van der Waals surface area contributed by atoms with Crippen LogP contribution in [-0.2, 0) is 9.53 Å². The molecule has 33 heavy (non-hydrogen) atoms. The van der Waals surface area contributed by atoms with Crippen molar-refractivity contribution in [2.75, 3.05) is 25.1 Å². The highest BCUT2D eigenvalue weighted by Crippen LogP contribution is 2.37. The molecule has 1 amide bonds. The van der Waals surface area contributed by atoms with Gasteiger partial charge < -0.3 is 19.5 Å². The van der Waals surface area contributed by atoms with Crippen LogP contribution in [0.4, 0.5) is 5.00 Å². The third kappa shape index (κ3) is 6.06. The fourth-order valence-electron chi connectivity index (χ4n) is 3.27. The number of aryl methyl sites for hydroxylation is 2. The van der Waals surface area contributed by atoms with Crippen molar-refractivity contribution in [1.29, 1.82) is 0 Å². The molecule has 0 unspecified atom stereocenters. The number of esters is 1. The highest BCUT2D eigenvalue weighted by Gasteiger charge is 2.23. The van der Waals surface area contributed by atoms with Crippen LogP contribution in [0.2, 0.25) is 5.02 Å². The minimum absolute atomic E-state index is 0.209. The quantitative estimate of drug-likeness (QED) is 0.359. The van der Waals surface area contributed by atoms with Crippen LogP contribution in [0, 0.1) is 13.8 Å². The second-order valence-corrected chi connectivity index (χ2v) is 8.50. The molecule has 1 heterocycles. The summed E-state index contributed by atoms with van der Waals surface area (Å²) in [6.45, 7) is 7.99. The van der Waals surface area contributed by atoms with Gasteiger partial charge in [-0.1, -0.05) is 23.7 Å². The number of anilines is 1. The van der Waals surface area contributed by atoms with Gasteiger partial charge in [0.25, 0.3) is 5.91 Å². The Balaban J connectivity index is 1.79. The summed E-state index contributed by atoms with van der Waals surface area (Å²) in [5.41, 5.74) is 3.56. The van der Waals surface area contributed by atoms with E-state index in [1.807, 2.05) is 50.4 Å². The first-order valence-electron chi connectivity index (χ1n) is 10.5. The predicted octanol–water partition coefficient (Wildman–Crippen LogP) is 6.28. The van der Waals surface area contributed by atoms with Crippen LogP contribution in [-0.4, -0.2) is 31.7 Å². The van der Waals surface area contributed by atoms with Gasteiger partial charge in [-0.2, -0.15) is 0 Å². The zero-order chi connectivity index (χ0) is 24.0. The molecule has 0 aliphatic carbocycles. The summed E-state index contributed by atoms with van der Waals surface area (Å²) >= 11 is 7.44. The fourth-order valence-corrected chi connectivity index (χ4v) is 4.35. The third-order valence-electron chi connectivity index (χ3n) is 4.78. The summed E-state index contributed by atoms with van der Waals surface area (Å²) in [6, 6.07) is 11.0. The molecule has 0 radical (unpaired) electrons. The van der Waals surface area contributed by atoms with Gasteiger partial charge in [-0.05, 0) is 68.7 Å². The van der Waals surface area contributed by atoms with Gasteiger partial charge in [0.05, 0.1) is 13.2 Å². The number of rotatable bonds is 9. The second kappa shape index (κ2) is 11.2. The molecule has 0 saturated carbocycles. The highest BCUT2D eigenvalue weighted by atomic mass is 35.5. The number of nitrogens with one attached hydrogen (secondary N) is 1. The number of benzene rings is 2. The normalized spacial score (nSPS) is 10.6. The molecule has 174 valence electrons. The molecule has 0 bridgehead atoms. The van der Waals surface area contributed by atoms with Gasteiger partial charge in [0.2, 0.25) is 0 Å². The monoisotopic (exact) mass is 487 g/mol. The first kappa shape index (κ1) is 24.6. The first-order chi connectivity index (χ1) is 15.8. The van der Waals surface area contributed by atoms with Crippen molar-refractivity contribution < 1.29 is 23.8 Å². The van der Waals surface area contributed by atoms with Crippen LogP contribution >= 0.6 is 22.9 Å². The Kier molecular flexibility index (Phi) is 8.36. The van der Waals surface area contributed by atoms with Crippen molar-refractivity contribution >= 4 is 39.8 Å². The highest BCUT2D eigenvalue weighted by molar-refractivity contribution is 7.15. The Morgan fingerprint density at radius 3 is 2.24 bits per heavy atom. The molecule has 3 rings (SSSR count). The molecule has 1 N–H and O–H groups in total. The minimum Gasteiger partial charge on any atom is -0.494 e. The number of carbonyl (C=O) groups excluding carboxylic acids is 2. The molecule has 8 heteroatoms. The van der Waals surface area contributed by atoms with E-state index < -0.39 is 5.97 Å². The Morgan fingerprint density at radius 1 is 0.970 bits per heavy atom. The van der Waals surface area contributed by atoms with Crippen LogP contribution in [0.1, 0.15) is 35.3 Å². The number of amides is 1. The van der Waals surface area contributed by atoms with E-state index in [0.29, 0.717) is 33.5 Å². The van der Waals surface area contributed by atoms with Gasteiger partial charge in [0.1, 0.15) is 22.1 Å². The molecule has 0 atom stereocenters. The van der Waals surface area contributed by atoms with E-state index in [1.54, 1.807) is 19.1 Å². The van der Waals surface area contributed by atoms with Gasteiger partial charge in [-0.15, -0.1) is 11.3 Å². The van der Waals surface area contributed by atoms with Crippen molar-refractivity contribution in [3.63, 3.8) is 0 Å². The van der Waals surface area contributed by atoms with Gasteiger partial charge in [-0.25, -0.2) is 4.79 Å². The van der Waals surface area contributed by atoms with Gasteiger partial charge in [0.15, 0.2) is 6.61 Å². The third-order valence-corrected chi connectivity index (χ3v) is 6.27. The van der Waals surface area contributed by atoms with E-state index in [1.165, 1.54) is 11.3 Å². The van der Waals surface area contributed by atoms with Crippen LogP contribution < -0.4 is 14.8 Å². The average molecular weight is 488 g/mol. The lowest BCUT2D eigenvalue weighted by Crippen LogP contribution is -2.21. The summed E-state index contributed by atoms with van der Waals surface area (Å²) in [4.78, 5) is 25.3.